The maximum absolute atomic E-state index is 12.1. The van der Waals surface area contributed by atoms with Crippen molar-refractivity contribution in [1.29, 1.82) is 0 Å². The number of carboxylic acid groups (broad SMARTS) is 2. The Morgan fingerprint density at radius 3 is 1.95 bits per heavy atom. The first kappa shape index (κ1) is 13.7. The molecule has 0 radical (unpaired) electrons. The molecule has 0 saturated carbocycles. The summed E-state index contributed by atoms with van der Waals surface area (Å²) in [7, 11) is 0. The van der Waals surface area contributed by atoms with Crippen LogP contribution in [0.4, 0.5) is 0 Å². The number of imide groups is 1. The molecule has 20 heavy (non-hydrogen) atoms. The number of hydrogen-bond donors (Lipinski definition) is 2. The van der Waals surface area contributed by atoms with E-state index in [0.29, 0.717) is 4.90 Å². The van der Waals surface area contributed by atoms with E-state index in [4.69, 9.17) is 10.2 Å². The minimum absolute atomic E-state index is 0.138. The van der Waals surface area contributed by atoms with E-state index in [1.54, 1.807) is 12.1 Å². The van der Waals surface area contributed by atoms with Crippen molar-refractivity contribution in [2.45, 2.75) is 18.9 Å². The molecule has 0 fully saturated rings. The lowest BCUT2D eigenvalue weighted by Crippen LogP contribution is -2.45. The lowest BCUT2D eigenvalue weighted by Gasteiger charge is -2.21. The van der Waals surface area contributed by atoms with Gasteiger partial charge in [-0.1, -0.05) is 12.1 Å². The van der Waals surface area contributed by atoms with E-state index in [0.717, 1.165) is 0 Å². The van der Waals surface area contributed by atoms with E-state index in [9.17, 15) is 19.2 Å². The summed E-state index contributed by atoms with van der Waals surface area (Å²) in [6, 6.07) is 4.54. The fraction of sp³-hybridized carbons (Fsp3) is 0.231. The number of fused-ring (bicyclic) bond motifs is 1. The lowest BCUT2D eigenvalue weighted by atomic mass is 10.1. The smallest absolute Gasteiger partial charge is 0.326 e. The number of amides is 2. The van der Waals surface area contributed by atoms with E-state index >= 15 is 0 Å². The molecule has 2 rings (SSSR count). The summed E-state index contributed by atoms with van der Waals surface area (Å²) in [4.78, 5) is 46.5. The average Bonchev–Trinajstić information content (AvgIpc) is 2.64. The van der Waals surface area contributed by atoms with Gasteiger partial charge in [-0.2, -0.15) is 0 Å². The maximum Gasteiger partial charge on any atom is 0.326 e. The summed E-state index contributed by atoms with van der Waals surface area (Å²) < 4.78 is 0. The number of hydrogen-bond acceptors (Lipinski definition) is 4. The van der Waals surface area contributed by atoms with Gasteiger partial charge in [0.15, 0.2) is 0 Å². The van der Waals surface area contributed by atoms with E-state index < -0.39 is 36.2 Å². The van der Waals surface area contributed by atoms with Crippen LogP contribution in [-0.2, 0) is 9.59 Å². The first-order valence-electron chi connectivity index (χ1n) is 5.85. The minimum atomic E-state index is -1.47. The van der Waals surface area contributed by atoms with Gasteiger partial charge >= 0.3 is 11.9 Å². The normalized spacial score (nSPS) is 15.1. The van der Waals surface area contributed by atoms with Crippen molar-refractivity contribution in [1.82, 2.24) is 4.90 Å². The van der Waals surface area contributed by atoms with Crippen molar-refractivity contribution in [3.05, 3.63) is 35.4 Å². The molecule has 1 aromatic carbocycles. The molecule has 0 bridgehead atoms. The molecular weight excluding hydrogens is 267 g/mol. The molecule has 0 aromatic heterocycles. The zero-order chi connectivity index (χ0) is 14.9. The largest absolute Gasteiger partial charge is 0.481 e. The van der Waals surface area contributed by atoms with Crippen LogP contribution in [0.15, 0.2) is 24.3 Å². The second-order valence-corrected chi connectivity index (χ2v) is 4.31. The number of aliphatic carboxylic acids is 2. The van der Waals surface area contributed by atoms with Crippen LogP contribution in [0, 0.1) is 0 Å². The SMILES string of the molecule is O=C(O)CC[C@@H](C(=O)O)N1C(=O)c2ccccc2[13C]1=O. The number of carboxylic acids is 2. The summed E-state index contributed by atoms with van der Waals surface area (Å²) in [6.45, 7) is 0. The lowest BCUT2D eigenvalue weighted by molar-refractivity contribution is -0.142. The molecule has 7 nitrogen and oxygen atoms in total. The standard InChI is InChI=1S/C13H11NO6/c15-10(16)6-5-9(13(19)20)14-11(17)7-3-1-2-4-8(7)12(14)18/h1-4,9H,5-6H2,(H,15,16)(H,19,20)/t9-/m0/s1/i11+1. The molecule has 104 valence electrons. The molecule has 7 heteroatoms. The van der Waals surface area contributed by atoms with Crippen molar-refractivity contribution in [3.8, 4) is 0 Å². The Kier molecular flexibility index (Phi) is 3.51. The van der Waals surface area contributed by atoms with Crippen molar-refractivity contribution >= 4 is 23.8 Å². The Morgan fingerprint density at radius 1 is 1.05 bits per heavy atom. The third-order valence-corrected chi connectivity index (χ3v) is 3.05. The number of carbonyl (C=O) groups is 4. The van der Waals surface area contributed by atoms with Gasteiger partial charge in [0.05, 0.1) is 11.1 Å². The van der Waals surface area contributed by atoms with Crippen LogP contribution in [0.5, 0.6) is 0 Å². The molecule has 0 saturated heterocycles. The Labute approximate surface area is 113 Å². The van der Waals surface area contributed by atoms with Gasteiger partial charge in [-0.05, 0) is 18.6 Å². The first-order chi connectivity index (χ1) is 9.43. The van der Waals surface area contributed by atoms with Gasteiger partial charge < -0.3 is 10.2 Å². The predicted molar refractivity (Wildman–Crippen MR) is 65.2 cm³/mol. The summed E-state index contributed by atoms with van der Waals surface area (Å²) in [5.74, 6) is -4.00. The molecule has 0 spiro atoms. The number of carbonyl (C=O) groups excluding carboxylic acids is 2. The molecule has 1 aliphatic rings. The molecule has 1 heterocycles. The molecule has 2 amide bonds. The van der Waals surface area contributed by atoms with E-state index in [1.807, 2.05) is 0 Å². The highest BCUT2D eigenvalue weighted by atomic mass is 16.4. The average molecular weight is 278 g/mol. The van der Waals surface area contributed by atoms with Crippen LogP contribution in [0.25, 0.3) is 0 Å². The molecule has 1 atom stereocenters. The topological polar surface area (TPSA) is 112 Å². The van der Waals surface area contributed by atoms with Gasteiger partial charge in [-0.3, -0.25) is 19.3 Å². The molecule has 0 unspecified atom stereocenters. The number of rotatable bonds is 5. The summed E-state index contributed by atoms with van der Waals surface area (Å²) in [5, 5.41) is 17.7. The molecule has 1 aliphatic heterocycles. The predicted octanol–water partition coefficient (Wildman–Crippen LogP) is 0.601. The van der Waals surface area contributed by atoms with Crippen molar-refractivity contribution in [2.24, 2.45) is 0 Å². The van der Waals surface area contributed by atoms with Gasteiger partial charge in [-0.25, -0.2) is 4.79 Å². The molecular formula is C13H11NO6. The maximum atomic E-state index is 12.1. The van der Waals surface area contributed by atoms with E-state index in [2.05, 4.69) is 0 Å². The van der Waals surface area contributed by atoms with Crippen LogP contribution < -0.4 is 0 Å². The fourth-order valence-electron chi connectivity index (χ4n) is 2.11. The second kappa shape index (κ2) is 5.12. The van der Waals surface area contributed by atoms with Crippen molar-refractivity contribution in [2.75, 3.05) is 0 Å². The van der Waals surface area contributed by atoms with Crippen molar-refractivity contribution < 1.29 is 29.4 Å². The second-order valence-electron chi connectivity index (χ2n) is 4.31. The zero-order valence-electron chi connectivity index (χ0n) is 10.3. The van der Waals surface area contributed by atoms with Gasteiger partial charge in [-0.15, -0.1) is 0 Å². The van der Waals surface area contributed by atoms with Crippen LogP contribution >= 0.6 is 0 Å². The summed E-state index contributed by atoms with van der Waals surface area (Å²) >= 11 is 0. The van der Waals surface area contributed by atoms with Crippen LogP contribution in [0.1, 0.15) is 33.6 Å². The highest BCUT2D eigenvalue weighted by Gasteiger charge is 2.42. The van der Waals surface area contributed by atoms with E-state index in [-0.39, 0.29) is 17.5 Å². The summed E-state index contributed by atoms with van der Waals surface area (Å²) in [6.07, 6.45) is -0.763. The van der Waals surface area contributed by atoms with E-state index in [1.165, 1.54) is 12.1 Å². The Morgan fingerprint density at radius 2 is 1.55 bits per heavy atom. The summed E-state index contributed by atoms with van der Waals surface area (Å²) in [5.41, 5.74) is 0.276. The van der Waals surface area contributed by atoms with Gasteiger partial charge in [0.25, 0.3) is 11.8 Å². The monoisotopic (exact) mass is 278 g/mol. The highest BCUT2D eigenvalue weighted by Crippen LogP contribution is 2.26. The van der Waals surface area contributed by atoms with Crippen LogP contribution in [0.2, 0.25) is 0 Å². The van der Waals surface area contributed by atoms with Gasteiger partial charge in [0, 0.05) is 6.42 Å². The van der Waals surface area contributed by atoms with Gasteiger partial charge in [0.2, 0.25) is 0 Å². The third-order valence-electron chi connectivity index (χ3n) is 3.05. The Balaban J connectivity index is 2.32. The first-order valence-corrected chi connectivity index (χ1v) is 5.85. The number of benzene rings is 1. The molecule has 2 N–H and O–H groups in total. The van der Waals surface area contributed by atoms with Crippen LogP contribution in [-0.4, -0.2) is 44.9 Å². The van der Waals surface area contributed by atoms with Crippen LogP contribution in [0.3, 0.4) is 0 Å². The van der Waals surface area contributed by atoms with Crippen molar-refractivity contribution in [3.63, 3.8) is 0 Å². The molecule has 0 aliphatic carbocycles. The number of nitrogens with zero attached hydrogens (tertiary/aromatic N) is 1. The van der Waals surface area contributed by atoms with Gasteiger partial charge in [0.1, 0.15) is 6.04 Å². The zero-order valence-corrected chi connectivity index (χ0v) is 10.3. The Hall–Kier alpha value is -2.70. The minimum Gasteiger partial charge on any atom is -0.481 e. The third kappa shape index (κ3) is 2.25. The Bertz CT molecular complexity index is 574. The highest BCUT2D eigenvalue weighted by molar-refractivity contribution is 6.22. The fourth-order valence-corrected chi connectivity index (χ4v) is 2.11. The quantitative estimate of drug-likeness (QED) is 0.602. The molecule has 1 aromatic rings.